The summed E-state index contributed by atoms with van der Waals surface area (Å²) in [6, 6.07) is 7.62. The van der Waals surface area contributed by atoms with Gasteiger partial charge in [0, 0.05) is 32.9 Å². The van der Waals surface area contributed by atoms with Crippen LogP contribution in [-0.2, 0) is 9.47 Å². The first-order valence-electron chi connectivity index (χ1n) is 10.2. The Labute approximate surface area is 161 Å². The Kier molecular flexibility index (Phi) is 5.83. The van der Waals surface area contributed by atoms with E-state index in [0.717, 1.165) is 70.7 Å². The third-order valence-electron chi connectivity index (χ3n) is 6.08. The molecule has 3 aliphatic heterocycles. The zero-order valence-corrected chi connectivity index (χ0v) is 16.0. The van der Waals surface area contributed by atoms with Gasteiger partial charge in [-0.05, 0) is 56.1 Å². The number of anilines is 1. The molecule has 1 aromatic carbocycles. The van der Waals surface area contributed by atoms with Crippen LogP contribution >= 0.6 is 0 Å². The van der Waals surface area contributed by atoms with E-state index in [1.54, 1.807) is 0 Å². The molecule has 0 aliphatic carbocycles. The quantitative estimate of drug-likeness (QED) is 0.874. The van der Waals surface area contributed by atoms with Gasteiger partial charge in [0.15, 0.2) is 0 Å². The van der Waals surface area contributed by atoms with E-state index in [0.29, 0.717) is 12.4 Å². The minimum atomic E-state index is -0.0336. The second kappa shape index (κ2) is 8.48. The van der Waals surface area contributed by atoms with Crippen LogP contribution in [0.4, 0.5) is 10.5 Å². The minimum Gasteiger partial charge on any atom is -0.489 e. The summed E-state index contributed by atoms with van der Waals surface area (Å²) in [4.78, 5) is 14.9. The van der Waals surface area contributed by atoms with Gasteiger partial charge in [-0.2, -0.15) is 0 Å². The topological polar surface area (TPSA) is 60.0 Å². The van der Waals surface area contributed by atoms with Crippen LogP contribution < -0.4 is 10.1 Å². The van der Waals surface area contributed by atoms with E-state index < -0.39 is 0 Å². The number of para-hydroxylation sites is 2. The molecule has 1 N–H and O–H groups in total. The summed E-state index contributed by atoms with van der Waals surface area (Å²) in [5, 5.41) is 3.07. The van der Waals surface area contributed by atoms with Gasteiger partial charge in [0.2, 0.25) is 0 Å². The summed E-state index contributed by atoms with van der Waals surface area (Å²) in [6.07, 6.45) is 6.65. The number of nitrogens with zero attached hydrogens (tertiary/aromatic N) is 1. The SMILES string of the molecule is O=C(Nc1ccccc1OC[C@@H]1CCCO1)N1CCCC2(CCOCC2)C1. The largest absolute Gasteiger partial charge is 0.489 e. The van der Waals surface area contributed by atoms with E-state index in [1.807, 2.05) is 29.2 Å². The molecule has 3 aliphatic rings. The van der Waals surface area contributed by atoms with Crippen LogP contribution in [0.5, 0.6) is 5.75 Å². The number of likely N-dealkylation sites (tertiary alicyclic amines) is 1. The zero-order chi connectivity index (χ0) is 18.5. The van der Waals surface area contributed by atoms with Gasteiger partial charge >= 0.3 is 6.03 Å². The Morgan fingerprint density at radius 2 is 2.04 bits per heavy atom. The number of hydrogen-bond donors (Lipinski definition) is 1. The van der Waals surface area contributed by atoms with Gasteiger partial charge in [-0.25, -0.2) is 4.79 Å². The van der Waals surface area contributed by atoms with Crippen LogP contribution in [0.3, 0.4) is 0 Å². The van der Waals surface area contributed by atoms with Crippen LogP contribution in [0.25, 0.3) is 0 Å². The number of nitrogens with one attached hydrogen (secondary N) is 1. The van der Waals surface area contributed by atoms with Gasteiger partial charge in [0.25, 0.3) is 0 Å². The fourth-order valence-electron chi connectivity index (χ4n) is 4.44. The van der Waals surface area contributed by atoms with Gasteiger partial charge in [-0.15, -0.1) is 0 Å². The van der Waals surface area contributed by atoms with Gasteiger partial charge in [0.1, 0.15) is 12.4 Å². The molecule has 6 nitrogen and oxygen atoms in total. The smallest absolute Gasteiger partial charge is 0.321 e. The highest BCUT2D eigenvalue weighted by Gasteiger charge is 2.38. The predicted octanol–water partition coefficient (Wildman–Crippen LogP) is 3.67. The molecule has 0 radical (unpaired) electrons. The molecular formula is C21H30N2O4. The molecule has 2 amide bonds. The Hall–Kier alpha value is -1.79. The van der Waals surface area contributed by atoms with Crippen molar-refractivity contribution in [3.8, 4) is 5.75 Å². The van der Waals surface area contributed by atoms with Crippen molar-refractivity contribution < 1.29 is 19.0 Å². The lowest BCUT2D eigenvalue weighted by atomic mass is 9.74. The van der Waals surface area contributed by atoms with Crippen molar-refractivity contribution in [1.29, 1.82) is 0 Å². The molecule has 1 atom stereocenters. The number of hydrogen-bond acceptors (Lipinski definition) is 4. The number of ether oxygens (including phenoxy) is 3. The summed E-state index contributed by atoms with van der Waals surface area (Å²) < 4.78 is 17.1. The molecule has 0 unspecified atom stereocenters. The lowest BCUT2D eigenvalue weighted by molar-refractivity contribution is -0.0175. The van der Waals surface area contributed by atoms with Gasteiger partial charge in [-0.3, -0.25) is 0 Å². The number of piperidine rings is 1. The number of carbonyl (C=O) groups excluding carboxylic acids is 1. The van der Waals surface area contributed by atoms with Crippen molar-refractivity contribution in [3.63, 3.8) is 0 Å². The highest BCUT2D eigenvalue weighted by molar-refractivity contribution is 5.91. The van der Waals surface area contributed by atoms with Gasteiger partial charge in [-0.1, -0.05) is 12.1 Å². The Morgan fingerprint density at radius 3 is 2.85 bits per heavy atom. The maximum Gasteiger partial charge on any atom is 0.321 e. The molecule has 3 saturated heterocycles. The van der Waals surface area contributed by atoms with Crippen molar-refractivity contribution in [2.24, 2.45) is 5.41 Å². The van der Waals surface area contributed by atoms with Crippen molar-refractivity contribution in [2.75, 3.05) is 44.8 Å². The van der Waals surface area contributed by atoms with Gasteiger partial charge in [0.05, 0.1) is 11.8 Å². The van der Waals surface area contributed by atoms with Crippen LogP contribution in [-0.4, -0.2) is 56.6 Å². The molecule has 0 saturated carbocycles. The van der Waals surface area contributed by atoms with Crippen molar-refractivity contribution in [2.45, 2.75) is 44.6 Å². The molecule has 6 heteroatoms. The fourth-order valence-corrected chi connectivity index (χ4v) is 4.44. The average molecular weight is 374 g/mol. The van der Waals surface area contributed by atoms with Crippen LogP contribution in [0.2, 0.25) is 0 Å². The number of carbonyl (C=O) groups is 1. The molecule has 148 valence electrons. The first-order chi connectivity index (χ1) is 13.2. The maximum absolute atomic E-state index is 12.9. The summed E-state index contributed by atoms with van der Waals surface area (Å²) in [7, 11) is 0. The number of rotatable bonds is 4. The molecular weight excluding hydrogens is 344 g/mol. The molecule has 0 aromatic heterocycles. The van der Waals surface area contributed by atoms with Crippen molar-refractivity contribution >= 4 is 11.7 Å². The minimum absolute atomic E-state index is 0.0336. The Balaban J connectivity index is 1.37. The maximum atomic E-state index is 12.9. The monoisotopic (exact) mass is 374 g/mol. The summed E-state index contributed by atoms with van der Waals surface area (Å²) in [5.74, 6) is 0.708. The molecule has 27 heavy (non-hydrogen) atoms. The molecule has 1 aromatic rings. The van der Waals surface area contributed by atoms with Gasteiger partial charge < -0.3 is 24.4 Å². The third-order valence-corrected chi connectivity index (χ3v) is 6.08. The first-order valence-corrected chi connectivity index (χ1v) is 10.2. The van der Waals surface area contributed by atoms with E-state index in [4.69, 9.17) is 14.2 Å². The van der Waals surface area contributed by atoms with Crippen LogP contribution in [0.15, 0.2) is 24.3 Å². The molecule has 3 heterocycles. The standard InChI is InChI=1S/C21H30N2O4/c24-20(23-11-4-8-21(16-23)9-13-25-14-10-21)22-18-6-1-2-7-19(18)27-15-17-5-3-12-26-17/h1-2,6-7,17H,3-5,8-16H2,(H,22,24)/t17-/m0/s1. The summed E-state index contributed by atoms with van der Waals surface area (Å²) in [5.41, 5.74) is 0.969. The molecule has 3 fully saturated rings. The highest BCUT2D eigenvalue weighted by atomic mass is 16.5. The van der Waals surface area contributed by atoms with E-state index in [-0.39, 0.29) is 17.6 Å². The highest BCUT2D eigenvalue weighted by Crippen LogP contribution is 2.39. The summed E-state index contributed by atoms with van der Waals surface area (Å²) >= 11 is 0. The van der Waals surface area contributed by atoms with E-state index in [1.165, 1.54) is 6.42 Å². The number of benzene rings is 1. The lowest BCUT2D eigenvalue weighted by Gasteiger charge is -2.45. The van der Waals surface area contributed by atoms with E-state index >= 15 is 0 Å². The Bertz CT molecular complexity index is 633. The molecule has 1 spiro atoms. The summed E-state index contributed by atoms with van der Waals surface area (Å²) in [6.45, 7) is 4.60. The first kappa shape index (κ1) is 18.6. The van der Waals surface area contributed by atoms with Crippen LogP contribution in [0, 0.1) is 5.41 Å². The lowest BCUT2D eigenvalue weighted by Crippen LogP contribution is -2.49. The average Bonchev–Trinajstić information content (AvgIpc) is 3.21. The second-order valence-corrected chi connectivity index (χ2v) is 8.01. The van der Waals surface area contributed by atoms with Crippen LogP contribution in [0.1, 0.15) is 38.5 Å². The molecule has 4 rings (SSSR count). The Morgan fingerprint density at radius 1 is 1.19 bits per heavy atom. The molecule has 0 bridgehead atoms. The fraction of sp³-hybridized carbons (Fsp3) is 0.667. The zero-order valence-electron chi connectivity index (χ0n) is 16.0. The van der Waals surface area contributed by atoms with E-state index in [2.05, 4.69) is 5.32 Å². The van der Waals surface area contributed by atoms with Crippen molar-refractivity contribution in [1.82, 2.24) is 4.90 Å². The number of urea groups is 1. The normalized spacial score (nSPS) is 24.7. The van der Waals surface area contributed by atoms with Crippen molar-refractivity contribution in [3.05, 3.63) is 24.3 Å². The predicted molar refractivity (Wildman–Crippen MR) is 103 cm³/mol. The number of amides is 2. The van der Waals surface area contributed by atoms with E-state index in [9.17, 15) is 4.79 Å². The second-order valence-electron chi connectivity index (χ2n) is 8.01. The third kappa shape index (κ3) is 4.55.